The summed E-state index contributed by atoms with van der Waals surface area (Å²) >= 11 is 0. The number of carbonyl (C=O) groups is 1. The van der Waals surface area contributed by atoms with Crippen molar-refractivity contribution in [3.8, 4) is 11.1 Å². The van der Waals surface area contributed by atoms with Gasteiger partial charge in [-0.1, -0.05) is 31.5 Å². The number of halogens is 2. The van der Waals surface area contributed by atoms with Crippen molar-refractivity contribution in [3.05, 3.63) is 53.3 Å². The molecule has 0 spiro atoms. The molecule has 21 heavy (non-hydrogen) atoms. The number of primary amides is 1. The third-order valence-electron chi connectivity index (χ3n) is 3.25. The maximum Gasteiger partial charge on any atom is 0.280 e. The topological polar surface area (TPSA) is 56.0 Å². The number of pyridine rings is 1. The summed E-state index contributed by atoms with van der Waals surface area (Å²) in [7, 11) is 0. The van der Waals surface area contributed by atoms with E-state index in [1.807, 2.05) is 13.0 Å². The van der Waals surface area contributed by atoms with Crippen LogP contribution in [0.2, 0.25) is 0 Å². The minimum absolute atomic E-state index is 0.246. The smallest absolute Gasteiger partial charge is 0.280 e. The average Bonchev–Trinajstić information content (AvgIpc) is 2.47. The van der Waals surface area contributed by atoms with Crippen LogP contribution in [0.4, 0.5) is 8.78 Å². The van der Waals surface area contributed by atoms with E-state index in [4.69, 9.17) is 5.73 Å². The van der Waals surface area contributed by atoms with Crippen LogP contribution >= 0.6 is 0 Å². The van der Waals surface area contributed by atoms with Crippen LogP contribution in [-0.4, -0.2) is 10.9 Å². The first-order valence-corrected chi connectivity index (χ1v) is 6.71. The standard InChI is InChI=1S/C16H16F2N2O/c1-2-5-10-6-3-7-12(16(19)21)13(10)11-8-4-9-20-14(11)15(17)18/h3-4,6-9,15H,2,5H2,1H3,(H2,19,21). The quantitative estimate of drug-likeness (QED) is 0.912. The van der Waals surface area contributed by atoms with Crippen LogP contribution in [0, 0.1) is 0 Å². The zero-order chi connectivity index (χ0) is 15.4. The Labute approximate surface area is 121 Å². The van der Waals surface area contributed by atoms with E-state index in [2.05, 4.69) is 4.98 Å². The van der Waals surface area contributed by atoms with E-state index >= 15 is 0 Å². The first-order valence-electron chi connectivity index (χ1n) is 6.71. The van der Waals surface area contributed by atoms with Gasteiger partial charge in [-0.3, -0.25) is 9.78 Å². The highest BCUT2D eigenvalue weighted by Gasteiger charge is 2.21. The van der Waals surface area contributed by atoms with E-state index in [9.17, 15) is 13.6 Å². The molecule has 0 atom stereocenters. The highest BCUT2D eigenvalue weighted by atomic mass is 19.3. The summed E-state index contributed by atoms with van der Waals surface area (Å²) in [5.74, 6) is -0.632. The molecule has 110 valence electrons. The Balaban J connectivity index is 2.75. The molecule has 1 amide bonds. The lowest BCUT2D eigenvalue weighted by atomic mass is 9.91. The molecule has 0 radical (unpaired) electrons. The van der Waals surface area contributed by atoms with Crippen LogP contribution in [-0.2, 0) is 6.42 Å². The summed E-state index contributed by atoms with van der Waals surface area (Å²) in [5.41, 5.74) is 6.87. The number of hydrogen-bond acceptors (Lipinski definition) is 2. The minimum atomic E-state index is -2.71. The van der Waals surface area contributed by atoms with Gasteiger partial charge in [0, 0.05) is 17.3 Å². The summed E-state index contributed by atoms with van der Waals surface area (Å²) in [6.45, 7) is 1.98. The molecule has 1 aromatic heterocycles. The van der Waals surface area contributed by atoms with Crippen LogP contribution in [0.5, 0.6) is 0 Å². The minimum Gasteiger partial charge on any atom is -0.366 e. The molecule has 2 rings (SSSR count). The molecule has 2 aromatic rings. The molecular formula is C16H16F2N2O. The second-order valence-electron chi connectivity index (χ2n) is 4.69. The number of nitrogens with two attached hydrogens (primary N) is 1. The van der Waals surface area contributed by atoms with Gasteiger partial charge in [-0.2, -0.15) is 0 Å². The van der Waals surface area contributed by atoms with Crippen LogP contribution in [0.1, 0.15) is 41.4 Å². The molecular weight excluding hydrogens is 274 g/mol. The predicted molar refractivity (Wildman–Crippen MR) is 77.1 cm³/mol. The second-order valence-corrected chi connectivity index (χ2v) is 4.69. The second kappa shape index (κ2) is 6.43. The van der Waals surface area contributed by atoms with Crippen molar-refractivity contribution in [1.29, 1.82) is 0 Å². The van der Waals surface area contributed by atoms with Gasteiger partial charge < -0.3 is 5.73 Å². The number of alkyl halides is 2. The van der Waals surface area contributed by atoms with Gasteiger partial charge in [0.25, 0.3) is 6.43 Å². The largest absolute Gasteiger partial charge is 0.366 e. The van der Waals surface area contributed by atoms with Gasteiger partial charge in [-0.05, 0) is 29.7 Å². The first kappa shape index (κ1) is 15.1. The Bertz CT molecular complexity index is 656. The Kier molecular flexibility index (Phi) is 4.62. The summed E-state index contributed by atoms with van der Waals surface area (Å²) < 4.78 is 26.4. The van der Waals surface area contributed by atoms with Crippen molar-refractivity contribution in [2.24, 2.45) is 5.73 Å². The summed E-state index contributed by atoms with van der Waals surface area (Å²) in [6.07, 6.45) is 0.113. The Morgan fingerprint density at radius 1 is 1.29 bits per heavy atom. The molecule has 0 unspecified atom stereocenters. The van der Waals surface area contributed by atoms with Gasteiger partial charge in [0.15, 0.2) is 0 Å². The number of amides is 1. The summed E-state index contributed by atoms with van der Waals surface area (Å²) in [4.78, 5) is 15.4. The fraction of sp³-hybridized carbons (Fsp3) is 0.250. The summed E-state index contributed by atoms with van der Waals surface area (Å²) in [5, 5.41) is 0. The maximum atomic E-state index is 13.2. The zero-order valence-corrected chi connectivity index (χ0v) is 11.6. The fourth-order valence-corrected chi connectivity index (χ4v) is 2.40. The maximum absolute atomic E-state index is 13.2. The number of benzene rings is 1. The van der Waals surface area contributed by atoms with E-state index in [-0.39, 0.29) is 16.8 Å². The Morgan fingerprint density at radius 3 is 2.67 bits per heavy atom. The number of aryl methyl sites for hydroxylation is 1. The zero-order valence-electron chi connectivity index (χ0n) is 11.6. The third kappa shape index (κ3) is 3.07. The molecule has 1 heterocycles. The highest BCUT2D eigenvalue weighted by molar-refractivity contribution is 6.01. The van der Waals surface area contributed by atoms with Gasteiger partial charge in [-0.25, -0.2) is 8.78 Å². The molecule has 0 aliphatic carbocycles. The van der Waals surface area contributed by atoms with Crippen molar-refractivity contribution < 1.29 is 13.6 Å². The van der Waals surface area contributed by atoms with Crippen LogP contribution in [0.3, 0.4) is 0 Å². The molecule has 0 saturated carbocycles. The van der Waals surface area contributed by atoms with E-state index in [1.54, 1.807) is 24.3 Å². The van der Waals surface area contributed by atoms with Crippen molar-refractivity contribution in [1.82, 2.24) is 4.98 Å². The van der Waals surface area contributed by atoms with Crippen molar-refractivity contribution in [2.45, 2.75) is 26.2 Å². The van der Waals surface area contributed by atoms with Crippen LogP contribution in [0.15, 0.2) is 36.5 Å². The average molecular weight is 290 g/mol. The molecule has 3 nitrogen and oxygen atoms in total. The lowest BCUT2D eigenvalue weighted by molar-refractivity contribution is 0.100. The molecule has 2 N–H and O–H groups in total. The summed E-state index contributed by atoms with van der Waals surface area (Å²) in [6, 6.07) is 8.23. The lowest BCUT2D eigenvalue weighted by Gasteiger charge is -2.15. The normalized spacial score (nSPS) is 10.9. The van der Waals surface area contributed by atoms with E-state index in [0.717, 1.165) is 12.0 Å². The third-order valence-corrected chi connectivity index (χ3v) is 3.25. The van der Waals surface area contributed by atoms with Crippen LogP contribution < -0.4 is 5.73 Å². The number of hydrogen-bond donors (Lipinski definition) is 1. The van der Waals surface area contributed by atoms with Gasteiger partial charge in [-0.15, -0.1) is 0 Å². The first-order chi connectivity index (χ1) is 10.1. The van der Waals surface area contributed by atoms with E-state index in [1.165, 1.54) is 6.20 Å². The number of rotatable bonds is 5. The molecule has 0 aliphatic rings. The van der Waals surface area contributed by atoms with Crippen molar-refractivity contribution in [3.63, 3.8) is 0 Å². The molecule has 0 aliphatic heterocycles. The predicted octanol–water partition coefficient (Wildman–Crippen LogP) is 3.74. The lowest BCUT2D eigenvalue weighted by Crippen LogP contribution is -2.14. The fourth-order valence-electron chi connectivity index (χ4n) is 2.40. The SMILES string of the molecule is CCCc1cccc(C(N)=O)c1-c1cccnc1C(F)F. The Morgan fingerprint density at radius 2 is 2.05 bits per heavy atom. The highest BCUT2D eigenvalue weighted by Crippen LogP contribution is 2.34. The van der Waals surface area contributed by atoms with Gasteiger partial charge in [0.2, 0.25) is 5.91 Å². The molecule has 0 bridgehead atoms. The van der Waals surface area contributed by atoms with Gasteiger partial charge in [0.1, 0.15) is 5.69 Å². The number of aromatic nitrogens is 1. The molecule has 5 heteroatoms. The number of nitrogens with zero attached hydrogens (tertiary/aromatic N) is 1. The molecule has 0 fully saturated rings. The van der Waals surface area contributed by atoms with Crippen molar-refractivity contribution >= 4 is 5.91 Å². The van der Waals surface area contributed by atoms with E-state index < -0.39 is 12.3 Å². The Hall–Kier alpha value is -2.30. The van der Waals surface area contributed by atoms with Gasteiger partial charge in [0.05, 0.1) is 0 Å². The van der Waals surface area contributed by atoms with Crippen molar-refractivity contribution in [2.75, 3.05) is 0 Å². The van der Waals surface area contributed by atoms with E-state index in [0.29, 0.717) is 12.0 Å². The van der Waals surface area contributed by atoms with Gasteiger partial charge >= 0.3 is 0 Å². The molecule has 1 aromatic carbocycles. The van der Waals surface area contributed by atoms with Crippen LogP contribution in [0.25, 0.3) is 11.1 Å². The molecule has 0 saturated heterocycles. The number of carbonyl (C=O) groups excluding carboxylic acids is 1. The monoisotopic (exact) mass is 290 g/mol.